The van der Waals surface area contributed by atoms with Crippen molar-refractivity contribution in [3.8, 4) is 0 Å². The van der Waals surface area contributed by atoms with Crippen LogP contribution in [0.25, 0.3) is 5.65 Å². The molecule has 0 unspecified atom stereocenters. The summed E-state index contributed by atoms with van der Waals surface area (Å²) in [6.07, 6.45) is 4.54. The molecule has 0 atom stereocenters. The molecule has 2 aliphatic rings. The van der Waals surface area contributed by atoms with Crippen molar-refractivity contribution in [3.05, 3.63) is 24.0 Å². The zero-order valence-corrected chi connectivity index (χ0v) is 14.7. The van der Waals surface area contributed by atoms with Crippen LogP contribution in [0.3, 0.4) is 0 Å². The summed E-state index contributed by atoms with van der Waals surface area (Å²) >= 11 is 0. The van der Waals surface area contributed by atoms with E-state index in [9.17, 15) is 4.79 Å². The molecule has 2 fully saturated rings. The van der Waals surface area contributed by atoms with Crippen LogP contribution in [0, 0.1) is 12.8 Å². The number of hydrogen-bond donors (Lipinski definition) is 0. The van der Waals surface area contributed by atoms with Crippen LogP contribution in [0.4, 0.5) is 5.82 Å². The van der Waals surface area contributed by atoms with E-state index in [1.165, 1.54) is 0 Å². The van der Waals surface area contributed by atoms with Gasteiger partial charge in [0.05, 0.1) is 19.4 Å². The Kier molecular flexibility index (Phi) is 4.57. The Morgan fingerprint density at radius 3 is 2.76 bits per heavy atom. The summed E-state index contributed by atoms with van der Waals surface area (Å²) in [6, 6.07) is 4.03. The standard InChI is InChI=1S/C18H25N5O2/c1-14-12-17(23-16(20-14)2-5-19-23)21-6-3-15(4-7-21)13-18(24)22-8-10-25-11-9-22/h2,5,12,15H,3-4,6-11,13H2,1H3. The monoisotopic (exact) mass is 343 g/mol. The summed E-state index contributed by atoms with van der Waals surface area (Å²) in [7, 11) is 0. The Morgan fingerprint density at radius 2 is 2.00 bits per heavy atom. The van der Waals surface area contributed by atoms with Gasteiger partial charge in [0.2, 0.25) is 5.91 Å². The molecule has 7 heteroatoms. The normalized spacial score (nSPS) is 19.6. The zero-order valence-electron chi connectivity index (χ0n) is 14.7. The molecule has 0 saturated carbocycles. The summed E-state index contributed by atoms with van der Waals surface area (Å²) in [4.78, 5) is 21.3. The van der Waals surface area contributed by atoms with Crippen LogP contribution < -0.4 is 4.90 Å². The van der Waals surface area contributed by atoms with Gasteiger partial charge >= 0.3 is 0 Å². The van der Waals surface area contributed by atoms with Gasteiger partial charge in [-0.1, -0.05) is 0 Å². The van der Waals surface area contributed by atoms with Gasteiger partial charge in [-0.3, -0.25) is 4.79 Å². The molecular formula is C18H25N5O2. The number of nitrogens with zero attached hydrogens (tertiary/aromatic N) is 5. The first-order valence-electron chi connectivity index (χ1n) is 9.12. The van der Waals surface area contributed by atoms with E-state index in [0.29, 0.717) is 25.6 Å². The third-order valence-electron chi connectivity index (χ3n) is 5.23. The smallest absolute Gasteiger partial charge is 0.223 e. The SMILES string of the molecule is Cc1cc(N2CCC(CC(=O)N3CCOCC3)CC2)n2nccc2n1. The number of fused-ring (bicyclic) bond motifs is 1. The molecule has 1 amide bonds. The van der Waals surface area contributed by atoms with Crippen LogP contribution in [0.2, 0.25) is 0 Å². The second-order valence-electron chi connectivity index (χ2n) is 6.98. The highest BCUT2D eigenvalue weighted by atomic mass is 16.5. The Morgan fingerprint density at radius 1 is 1.24 bits per heavy atom. The number of morpholine rings is 1. The maximum Gasteiger partial charge on any atom is 0.223 e. The van der Waals surface area contributed by atoms with Crippen molar-refractivity contribution in [2.45, 2.75) is 26.2 Å². The van der Waals surface area contributed by atoms with Crippen LogP contribution in [-0.2, 0) is 9.53 Å². The molecule has 2 aromatic rings. The largest absolute Gasteiger partial charge is 0.378 e. The number of piperidine rings is 1. The van der Waals surface area contributed by atoms with Gasteiger partial charge in [0.1, 0.15) is 5.82 Å². The maximum absolute atomic E-state index is 12.4. The highest BCUT2D eigenvalue weighted by molar-refractivity contribution is 5.76. The lowest BCUT2D eigenvalue weighted by atomic mass is 9.93. The number of aryl methyl sites for hydroxylation is 1. The minimum Gasteiger partial charge on any atom is -0.378 e. The van der Waals surface area contributed by atoms with Crippen molar-refractivity contribution in [3.63, 3.8) is 0 Å². The summed E-state index contributed by atoms with van der Waals surface area (Å²) in [5, 5.41) is 4.40. The molecule has 4 rings (SSSR count). The number of carbonyl (C=O) groups excluding carboxylic acids is 1. The summed E-state index contributed by atoms with van der Waals surface area (Å²) < 4.78 is 7.24. The van der Waals surface area contributed by atoms with E-state index in [2.05, 4.69) is 21.0 Å². The second-order valence-corrected chi connectivity index (χ2v) is 6.98. The number of hydrogen-bond acceptors (Lipinski definition) is 5. The molecule has 134 valence electrons. The maximum atomic E-state index is 12.4. The molecule has 2 aromatic heterocycles. The average Bonchev–Trinajstić information content (AvgIpc) is 3.11. The number of ether oxygens (including phenoxy) is 1. The fraction of sp³-hybridized carbons (Fsp3) is 0.611. The third-order valence-corrected chi connectivity index (χ3v) is 5.23. The molecule has 25 heavy (non-hydrogen) atoms. The zero-order chi connectivity index (χ0) is 17.2. The number of anilines is 1. The average molecular weight is 343 g/mol. The predicted octanol–water partition coefficient (Wildman–Crippen LogP) is 1.50. The molecule has 0 bridgehead atoms. The van der Waals surface area contributed by atoms with Crippen LogP contribution in [0.5, 0.6) is 0 Å². The second kappa shape index (κ2) is 7.00. The topological polar surface area (TPSA) is 63.0 Å². The van der Waals surface area contributed by atoms with Crippen LogP contribution in [-0.4, -0.2) is 64.8 Å². The molecule has 2 aliphatic heterocycles. The fourth-order valence-electron chi connectivity index (χ4n) is 3.80. The fourth-order valence-corrected chi connectivity index (χ4v) is 3.80. The molecule has 7 nitrogen and oxygen atoms in total. The van der Waals surface area contributed by atoms with Crippen molar-refractivity contribution in [2.75, 3.05) is 44.3 Å². The van der Waals surface area contributed by atoms with Crippen LogP contribution in [0.1, 0.15) is 25.0 Å². The number of aromatic nitrogens is 3. The Labute approximate surface area is 147 Å². The Balaban J connectivity index is 1.38. The highest BCUT2D eigenvalue weighted by Gasteiger charge is 2.26. The number of amides is 1. The van der Waals surface area contributed by atoms with Crippen molar-refractivity contribution >= 4 is 17.4 Å². The van der Waals surface area contributed by atoms with E-state index in [4.69, 9.17) is 4.74 Å². The summed E-state index contributed by atoms with van der Waals surface area (Å²) in [5.41, 5.74) is 1.90. The lowest BCUT2D eigenvalue weighted by molar-refractivity contribution is -0.136. The Bertz CT molecular complexity index is 745. The van der Waals surface area contributed by atoms with Gasteiger partial charge < -0.3 is 14.5 Å². The van der Waals surface area contributed by atoms with Gasteiger partial charge in [0.25, 0.3) is 0 Å². The summed E-state index contributed by atoms with van der Waals surface area (Å²) in [6.45, 7) is 6.76. The molecular weight excluding hydrogens is 318 g/mol. The van der Waals surface area contributed by atoms with E-state index in [1.807, 2.05) is 22.4 Å². The van der Waals surface area contributed by atoms with Gasteiger partial charge in [0.15, 0.2) is 5.65 Å². The van der Waals surface area contributed by atoms with E-state index < -0.39 is 0 Å². The number of carbonyl (C=O) groups is 1. The van der Waals surface area contributed by atoms with Gasteiger partial charge in [-0.2, -0.15) is 9.61 Å². The van der Waals surface area contributed by atoms with E-state index in [1.54, 1.807) is 6.20 Å². The number of rotatable bonds is 3. The quantitative estimate of drug-likeness (QED) is 0.845. The van der Waals surface area contributed by atoms with Gasteiger partial charge in [-0.25, -0.2) is 4.98 Å². The van der Waals surface area contributed by atoms with Gasteiger partial charge in [0, 0.05) is 50.4 Å². The first-order chi connectivity index (χ1) is 12.2. The van der Waals surface area contributed by atoms with E-state index in [-0.39, 0.29) is 5.91 Å². The first-order valence-corrected chi connectivity index (χ1v) is 9.12. The first kappa shape index (κ1) is 16.3. The van der Waals surface area contributed by atoms with Gasteiger partial charge in [-0.05, 0) is 25.7 Å². The predicted molar refractivity (Wildman–Crippen MR) is 94.7 cm³/mol. The molecule has 0 aromatic carbocycles. The molecule has 4 heterocycles. The third kappa shape index (κ3) is 3.46. The lowest BCUT2D eigenvalue weighted by Crippen LogP contribution is -2.42. The lowest BCUT2D eigenvalue weighted by Gasteiger charge is -2.34. The van der Waals surface area contributed by atoms with Crippen molar-refractivity contribution < 1.29 is 9.53 Å². The van der Waals surface area contributed by atoms with Crippen molar-refractivity contribution in [1.82, 2.24) is 19.5 Å². The van der Waals surface area contributed by atoms with Crippen LogP contribution >= 0.6 is 0 Å². The van der Waals surface area contributed by atoms with E-state index in [0.717, 1.165) is 56.2 Å². The molecule has 0 spiro atoms. The molecule has 0 radical (unpaired) electrons. The van der Waals surface area contributed by atoms with Crippen LogP contribution in [0.15, 0.2) is 18.3 Å². The minimum absolute atomic E-state index is 0.288. The minimum atomic E-state index is 0.288. The van der Waals surface area contributed by atoms with Gasteiger partial charge in [-0.15, -0.1) is 0 Å². The molecule has 0 N–H and O–H groups in total. The highest BCUT2D eigenvalue weighted by Crippen LogP contribution is 2.26. The molecule has 2 saturated heterocycles. The summed E-state index contributed by atoms with van der Waals surface area (Å²) in [5.74, 6) is 1.86. The molecule has 0 aliphatic carbocycles. The van der Waals surface area contributed by atoms with Crippen molar-refractivity contribution in [2.24, 2.45) is 5.92 Å². The Hall–Kier alpha value is -2.15. The van der Waals surface area contributed by atoms with E-state index >= 15 is 0 Å². The van der Waals surface area contributed by atoms with Crippen molar-refractivity contribution in [1.29, 1.82) is 0 Å².